The van der Waals surface area contributed by atoms with Gasteiger partial charge in [-0.25, -0.2) is 0 Å². The summed E-state index contributed by atoms with van der Waals surface area (Å²) >= 11 is 14.3. The molecule has 66 valence electrons. The quantitative estimate of drug-likeness (QED) is 0.708. The second-order valence-electron chi connectivity index (χ2n) is 2.68. The summed E-state index contributed by atoms with van der Waals surface area (Å²) in [4.78, 5) is 3.09. The molecule has 4 heteroatoms. The average Bonchev–Trinajstić information content (AvgIpc) is 2.08. The van der Waals surface area contributed by atoms with Crippen molar-refractivity contribution in [1.29, 1.82) is 0 Å². The molecule has 0 saturated carbocycles. The minimum Gasteiger partial charge on any atom is -0.345 e. The van der Waals surface area contributed by atoms with E-state index in [0.29, 0.717) is 4.64 Å². The van der Waals surface area contributed by atoms with E-state index in [1.165, 1.54) is 0 Å². The second-order valence-corrected chi connectivity index (χ2v) is 4.38. The van der Waals surface area contributed by atoms with Crippen LogP contribution in [-0.4, -0.2) is 4.98 Å². The molecule has 0 fully saturated rings. The summed E-state index contributed by atoms with van der Waals surface area (Å²) in [6.07, 6.45) is 0. The van der Waals surface area contributed by atoms with Crippen LogP contribution in [0.5, 0.6) is 0 Å². The molecule has 0 bridgehead atoms. The topological polar surface area (TPSA) is 15.8 Å². The average molecular weight is 275 g/mol. The van der Waals surface area contributed by atoms with Crippen LogP contribution >= 0.6 is 39.7 Å². The molecule has 2 aromatic rings. The van der Waals surface area contributed by atoms with E-state index in [9.17, 15) is 0 Å². The number of H-pyrrole nitrogens is 1. The smallest absolute Gasteiger partial charge is 0.118 e. The Hall–Kier alpha value is -0.380. The zero-order valence-corrected chi connectivity index (χ0v) is 9.63. The Labute approximate surface area is 93.9 Å². The highest BCUT2D eigenvalue weighted by molar-refractivity contribution is 9.10. The van der Waals surface area contributed by atoms with Crippen molar-refractivity contribution in [3.8, 4) is 0 Å². The molecule has 0 atom stereocenters. The summed E-state index contributed by atoms with van der Waals surface area (Å²) in [5, 5.41) is 1.78. The summed E-state index contributed by atoms with van der Waals surface area (Å²) in [7, 11) is 0. The van der Waals surface area contributed by atoms with Crippen LogP contribution in [0.3, 0.4) is 0 Å². The van der Waals surface area contributed by atoms with Crippen molar-refractivity contribution < 1.29 is 0 Å². The van der Waals surface area contributed by atoms with E-state index in [-0.39, 0.29) is 0 Å². The van der Waals surface area contributed by atoms with Crippen molar-refractivity contribution in [1.82, 2.24) is 4.98 Å². The van der Waals surface area contributed by atoms with Crippen LogP contribution in [-0.2, 0) is 0 Å². The van der Waals surface area contributed by atoms with Gasteiger partial charge in [0.25, 0.3) is 0 Å². The van der Waals surface area contributed by atoms with E-state index in [0.717, 1.165) is 20.4 Å². The summed E-state index contributed by atoms with van der Waals surface area (Å²) in [5.41, 5.74) is 0.998. The fourth-order valence-corrected chi connectivity index (χ4v) is 1.85. The third kappa shape index (κ3) is 1.77. The van der Waals surface area contributed by atoms with Gasteiger partial charge in [-0.05, 0) is 40.2 Å². The van der Waals surface area contributed by atoms with Gasteiger partial charge in [-0.3, -0.25) is 0 Å². The van der Waals surface area contributed by atoms with Gasteiger partial charge in [-0.15, -0.1) is 0 Å². The maximum Gasteiger partial charge on any atom is 0.118 e. The van der Waals surface area contributed by atoms with Crippen molar-refractivity contribution in [2.75, 3.05) is 0 Å². The molecule has 1 nitrogen and oxygen atoms in total. The first-order chi connectivity index (χ1) is 6.16. The molecule has 0 radical (unpaired) electrons. The molecule has 0 unspecified atom stereocenters. The van der Waals surface area contributed by atoms with E-state index in [2.05, 4.69) is 20.9 Å². The predicted octanol–water partition coefficient (Wildman–Crippen LogP) is 4.31. The third-order valence-corrected chi connectivity index (χ3v) is 3.21. The molecule has 1 N–H and O–H groups in total. The van der Waals surface area contributed by atoms with Crippen molar-refractivity contribution in [2.24, 2.45) is 0 Å². The summed E-state index contributed by atoms with van der Waals surface area (Å²) in [5.74, 6) is 0. The Kier molecular flexibility index (Phi) is 2.41. The maximum atomic E-state index is 5.86. The van der Waals surface area contributed by atoms with Crippen LogP contribution < -0.4 is 0 Å². The van der Waals surface area contributed by atoms with E-state index < -0.39 is 0 Å². The lowest BCUT2D eigenvalue weighted by molar-refractivity contribution is 1.35. The molecular weight excluding hydrogens is 270 g/mol. The number of aromatic nitrogens is 1. The van der Waals surface area contributed by atoms with Crippen molar-refractivity contribution in [3.63, 3.8) is 0 Å². The first-order valence-corrected chi connectivity index (χ1v) is 5.23. The summed E-state index contributed by atoms with van der Waals surface area (Å²) < 4.78 is 1.59. The minimum absolute atomic E-state index is 0.704. The van der Waals surface area contributed by atoms with Crippen molar-refractivity contribution in [3.05, 3.63) is 38.4 Å². The number of aromatic amines is 1. The van der Waals surface area contributed by atoms with E-state index in [4.69, 9.17) is 23.8 Å². The predicted molar refractivity (Wildman–Crippen MR) is 61.8 cm³/mol. The highest BCUT2D eigenvalue weighted by Gasteiger charge is 1.97. The molecule has 0 aliphatic rings. The van der Waals surface area contributed by atoms with Gasteiger partial charge in [-0.1, -0.05) is 23.8 Å². The number of fused-ring (bicyclic) bond motifs is 1. The number of hydrogen-bond acceptors (Lipinski definition) is 1. The molecule has 0 aliphatic carbocycles. The van der Waals surface area contributed by atoms with Crippen LogP contribution in [0.15, 0.2) is 28.7 Å². The fraction of sp³-hybridized carbons (Fsp3) is 0. The number of halogens is 2. The second kappa shape index (κ2) is 3.40. The molecule has 0 aliphatic heterocycles. The van der Waals surface area contributed by atoms with E-state index in [1.807, 2.05) is 24.3 Å². The van der Waals surface area contributed by atoms with Crippen LogP contribution in [0.2, 0.25) is 5.02 Å². The Bertz CT molecular complexity index is 520. The standard InChI is InChI=1S/C9H5BrClNS/c10-7-4-5-3-6(11)1-2-8(5)12-9(7)13/h1-4H,(H,12,13). The molecule has 1 heterocycles. The number of benzene rings is 1. The Morgan fingerprint density at radius 3 is 2.85 bits per heavy atom. The van der Waals surface area contributed by atoms with Gasteiger partial charge in [0, 0.05) is 15.9 Å². The number of rotatable bonds is 0. The first-order valence-electron chi connectivity index (χ1n) is 3.65. The molecule has 0 amide bonds. The van der Waals surface area contributed by atoms with Gasteiger partial charge in [-0.2, -0.15) is 0 Å². The summed E-state index contributed by atoms with van der Waals surface area (Å²) in [6, 6.07) is 7.61. The van der Waals surface area contributed by atoms with Gasteiger partial charge in [0.15, 0.2) is 0 Å². The maximum absolute atomic E-state index is 5.86. The number of nitrogens with one attached hydrogen (secondary N) is 1. The molecule has 0 spiro atoms. The zero-order chi connectivity index (χ0) is 9.42. The van der Waals surface area contributed by atoms with Crippen LogP contribution in [0.25, 0.3) is 10.9 Å². The minimum atomic E-state index is 0.704. The van der Waals surface area contributed by atoms with Gasteiger partial charge >= 0.3 is 0 Å². The van der Waals surface area contributed by atoms with Gasteiger partial charge in [0.2, 0.25) is 0 Å². The fourth-order valence-electron chi connectivity index (χ4n) is 1.15. The lowest BCUT2D eigenvalue weighted by Gasteiger charge is -1.99. The van der Waals surface area contributed by atoms with Crippen molar-refractivity contribution in [2.45, 2.75) is 0 Å². The van der Waals surface area contributed by atoms with Crippen LogP contribution in [0, 0.1) is 4.64 Å². The molecule has 0 saturated heterocycles. The zero-order valence-electron chi connectivity index (χ0n) is 6.47. The van der Waals surface area contributed by atoms with Gasteiger partial charge in [0.1, 0.15) is 4.64 Å². The SMILES string of the molecule is S=c1[nH]c2ccc(Cl)cc2cc1Br. The monoisotopic (exact) mass is 273 g/mol. The lowest BCUT2D eigenvalue weighted by atomic mass is 10.2. The highest BCUT2D eigenvalue weighted by atomic mass is 79.9. The molecule has 2 rings (SSSR count). The highest BCUT2D eigenvalue weighted by Crippen LogP contribution is 2.21. The Morgan fingerprint density at radius 1 is 1.31 bits per heavy atom. The van der Waals surface area contributed by atoms with Crippen LogP contribution in [0.4, 0.5) is 0 Å². The Morgan fingerprint density at radius 2 is 2.08 bits per heavy atom. The van der Waals surface area contributed by atoms with Crippen molar-refractivity contribution >= 4 is 50.7 Å². The number of pyridine rings is 1. The lowest BCUT2D eigenvalue weighted by Crippen LogP contribution is -1.80. The van der Waals surface area contributed by atoms with Gasteiger partial charge < -0.3 is 4.98 Å². The van der Waals surface area contributed by atoms with Gasteiger partial charge in [0.05, 0.1) is 4.47 Å². The molecule has 13 heavy (non-hydrogen) atoms. The number of hydrogen-bond donors (Lipinski definition) is 1. The molecule has 1 aromatic heterocycles. The third-order valence-electron chi connectivity index (χ3n) is 1.76. The molecule has 1 aromatic carbocycles. The normalized spacial score (nSPS) is 10.6. The van der Waals surface area contributed by atoms with E-state index >= 15 is 0 Å². The Balaban J connectivity index is 2.89. The first kappa shape index (κ1) is 9.19. The summed E-state index contributed by atoms with van der Waals surface area (Å²) in [6.45, 7) is 0. The van der Waals surface area contributed by atoms with E-state index in [1.54, 1.807) is 0 Å². The van der Waals surface area contributed by atoms with Crippen LogP contribution in [0.1, 0.15) is 0 Å². The molecular formula is C9H5BrClNS. The largest absolute Gasteiger partial charge is 0.345 e.